The maximum Gasteiger partial charge on any atom is 0.224 e. The van der Waals surface area contributed by atoms with E-state index in [9.17, 15) is 13.2 Å². The van der Waals surface area contributed by atoms with Gasteiger partial charge in [-0.1, -0.05) is 19.3 Å². The Morgan fingerprint density at radius 3 is 2.57 bits per heavy atom. The largest absolute Gasteiger partial charge is 0.353 e. The SMILES string of the molecule is O=C(NC1CCNC2(CCCCC2)C1)C1CCS(=O)(=O)C1. The van der Waals surface area contributed by atoms with Crippen LogP contribution in [0, 0.1) is 5.92 Å². The van der Waals surface area contributed by atoms with Gasteiger partial charge in [-0.25, -0.2) is 8.42 Å². The first-order valence-corrected chi connectivity index (χ1v) is 10.1. The minimum Gasteiger partial charge on any atom is -0.353 e. The van der Waals surface area contributed by atoms with E-state index >= 15 is 0 Å². The van der Waals surface area contributed by atoms with Crippen molar-refractivity contribution in [1.82, 2.24) is 10.6 Å². The van der Waals surface area contributed by atoms with Gasteiger partial charge in [0, 0.05) is 11.6 Å². The summed E-state index contributed by atoms with van der Waals surface area (Å²) in [6.07, 6.45) is 8.72. The highest BCUT2D eigenvalue weighted by Crippen LogP contribution is 2.34. The van der Waals surface area contributed by atoms with Crippen LogP contribution in [0.5, 0.6) is 0 Å². The fourth-order valence-electron chi connectivity index (χ4n) is 4.21. The lowest BCUT2D eigenvalue weighted by molar-refractivity contribution is -0.125. The molecule has 3 rings (SSSR count). The fourth-order valence-corrected chi connectivity index (χ4v) is 5.95. The summed E-state index contributed by atoms with van der Waals surface area (Å²) in [4.78, 5) is 12.3. The smallest absolute Gasteiger partial charge is 0.224 e. The lowest BCUT2D eigenvalue weighted by atomic mass is 9.75. The fraction of sp³-hybridized carbons (Fsp3) is 0.933. The average molecular weight is 314 g/mol. The normalized spacial score (nSPS) is 34.7. The summed E-state index contributed by atoms with van der Waals surface area (Å²) in [6.45, 7) is 0.952. The first-order valence-electron chi connectivity index (χ1n) is 8.24. The van der Waals surface area contributed by atoms with E-state index in [1.54, 1.807) is 0 Å². The molecule has 1 spiro atoms. The van der Waals surface area contributed by atoms with Gasteiger partial charge in [0.25, 0.3) is 0 Å². The summed E-state index contributed by atoms with van der Waals surface area (Å²) in [6, 6.07) is 0.208. The molecule has 21 heavy (non-hydrogen) atoms. The first-order chi connectivity index (χ1) is 9.98. The molecule has 0 radical (unpaired) electrons. The molecule has 3 aliphatic rings. The second-order valence-electron chi connectivity index (χ2n) is 7.07. The second-order valence-corrected chi connectivity index (χ2v) is 9.29. The monoisotopic (exact) mass is 314 g/mol. The molecule has 0 aromatic carbocycles. The molecule has 1 saturated carbocycles. The third-order valence-electron chi connectivity index (χ3n) is 5.39. The first kappa shape index (κ1) is 15.3. The third kappa shape index (κ3) is 3.59. The topological polar surface area (TPSA) is 75.3 Å². The quantitative estimate of drug-likeness (QED) is 0.797. The molecule has 6 heteroatoms. The van der Waals surface area contributed by atoms with E-state index in [0.717, 1.165) is 19.4 Å². The number of sulfone groups is 1. The van der Waals surface area contributed by atoms with E-state index in [1.165, 1.54) is 32.1 Å². The Morgan fingerprint density at radius 2 is 1.90 bits per heavy atom. The van der Waals surface area contributed by atoms with Crippen molar-refractivity contribution >= 4 is 15.7 Å². The lowest BCUT2D eigenvalue weighted by Gasteiger charge is -2.45. The summed E-state index contributed by atoms with van der Waals surface area (Å²) in [5.74, 6) is -0.169. The van der Waals surface area contributed by atoms with Gasteiger partial charge < -0.3 is 10.6 Å². The van der Waals surface area contributed by atoms with Crippen molar-refractivity contribution in [2.45, 2.75) is 62.9 Å². The van der Waals surface area contributed by atoms with E-state index in [1.807, 2.05) is 0 Å². The van der Waals surface area contributed by atoms with Crippen LogP contribution in [-0.4, -0.2) is 44.0 Å². The molecule has 2 heterocycles. The van der Waals surface area contributed by atoms with Crippen LogP contribution in [0.2, 0.25) is 0 Å². The van der Waals surface area contributed by atoms with Gasteiger partial charge in [-0.2, -0.15) is 0 Å². The molecule has 2 atom stereocenters. The summed E-state index contributed by atoms with van der Waals surface area (Å²) in [7, 11) is -2.98. The molecule has 0 bridgehead atoms. The molecular weight excluding hydrogens is 288 g/mol. The number of nitrogens with one attached hydrogen (secondary N) is 2. The molecule has 2 aliphatic heterocycles. The van der Waals surface area contributed by atoms with Gasteiger partial charge >= 0.3 is 0 Å². The van der Waals surface area contributed by atoms with Crippen molar-refractivity contribution in [3.8, 4) is 0 Å². The van der Waals surface area contributed by atoms with Crippen LogP contribution >= 0.6 is 0 Å². The molecule has 0 aromatic heterocycles. The number of hydrogen-bond donors (Lipinski definition) is 2. The maximum absolute atomic E-state index is 12.3. The Bertz CT molecular complexity index is 492. The number of hydrogen-bond acceptors (Lipinski definition) is 4. The zero-order valence-corrected chi connectivity index (χ0v) is 13.4. The van der Waals surface area contributed by atoms with Crippen LogP contribution in [-0.2, 0) is 14.6 Å². The molecular formula is C15H26N2O3S. The number of piperidine rings is 1. The molecule has 2 unspecified atom stereocenters. The highest BCUT2D eigenvalue weighted by Gasteiger charge is 2.39. The second kappa shape index (κ2) is 5.88. The van der Waals surface area contributed by atoms with E-state index < -0.39 is 9.84 Å². The van der Waals surface area contributed by atoms with Crippen molar-refractivity contribution in [3.63, 3.8) is 0 Å². The summed E-state index contributed by atoms with van der Waals surface area (Å²) >= 11 is 0. The molecule has 1 amide bonds. The van der Waals surface area contributed by atoms with Gasteiger partial charge in [0.15, 0.2) is 9.84 Å². The van der Waals surface area contributed by atoms with Gasteiger partial charge in [0.05, 0.1) is 17.4 Å². The predicted molar refractivity (Wildman–Crippen MR) is 81.7 cm³/mol. The lowest BCUT2D eigenvalue weighted by Crippen LogP contribution is -2.57. The van der Waals surface area contributed by atoms with Gasteiger partial charge in [-0.05, 0) is 38.6 Å². The maximum atomic E-state index is 12.3. The third-order valence-corrected chi connectivity index (χ3v) is 7.16. The Hall–Kier alpha value is -0.620. The van der Waals surface area contributed by atoms with Gasteiger partial charge in [-0.3, -0.25) is 4.79 Å². The average Bonchev–Trinajstić information content (AvgIpc) is 2.80. The summed E-state index contributed by atoms with van der Waals surface area (Å²) in [5.41, 5.74) is 0.218. The van der Waals surface area contributed by atoms with Crippen molar-refractivity contribution in [2.24, 2.45) is 5.92 Å². The molecule has 3 fully saturated rings. The highest BCUT2D eigenvalue weighted by molar-refractivity contribution is 7.91. The van der Waals surface area contributed by atoms with Gasteiger partial charge in [-0.15, -0.1) is 0 Å². The number of carbonyl (C=O) groups excluding carboxylic acids is 1. The van der Waals surface area contributed by atoms with Gasteiger partial charge in [0.1, 0.15) is 0 Å². The molecule has 5 nitrogen and oxygen atoms in total. The van der Waals surface area contributed by atoms with Crippen molar-refractivity contribution < 1.29 is 13.2 Å². The summed E-state index contributed by atoms with van der Waals surface area (Å²) in [5, 5.41) is 6.80. The van der Waals surface area contributed by atoms with E-state index in [4.69, 9.17) is 0 Å². The Labute approximate surface area is 127 Å². The van der Waals surface area contributed by atoms with Crippen LogP contribution in [0.3, 0.4) is 0 Å². The van der Waals surface area contributed by atoms with E-state index in [0.29, 0.717) is 6.42 Å². The van der Waals surface area contributed by atoms with Crippen LogP contribution in [0.15, 0.2) is 0 Å². The summed E-state index contributed by atoms with van der Waals surface area (Å²) < 4.78 is 23.0. The van der Waals surface area contributed by atoms with Gasteiger partial charge in [0.2, 0.25) is 5.91 Å². The van der Waals surface area contributed by atoms with Crippen molar-refractivity contribution in [2.75, 3.05) is 18.1 Å². The van der Waals surface area contributed by atoms with Crippen LogP contribution in [0.25, 0.3) is 0 Å². The number of rotatable bonds is 2. The standard InChI is InChI=1S/C15H26N2O3S/c18-14(12-5-9-21(19,20)11-12)17-13-4-8-16-15(10-13)6-2-1-3-7-15/h12-13,16H,1-11H2,(H,17,18). The van der Waals surface area contributed by atoms with Crippen molar-refractivity contribution in [3.05, 3.63) is 0 Å². The van der Waals surface area contributed by atoms with E-state index in [2.05, 4.69) is 10.6 Å². The molecule has 0 aromatic rings. The molecule has 1 aliphatic carbocycles. The highest BCUT2D eigenvalue weighted by atomic mass is 32.2. The van der Waals surface area contributed by atoms with Crippen molar-refractivity contribution in [1.29, 1.82) is 0 Å². The van der Waals surface area contributed by atoms with E-state index in [-0.39, 0.29) is 34.9 Å². The van der Waals surface area contributed by atoms with Crippen LogP contribution in [0.4, 0.5) is 0 Å². The van der Waals surface area contributed by atoms with Crippen LogP contribution in [0.1, 0.15) is 51.4 Å². The number of carbonyl (C=O) groups is 1. The Kier molecular flexibility index (Phi) is 4.28. The zero-order chi connectivity index (χ0) is 14.9. The number of amides is 1. The zero-order valence-electron chi connectivity index (χ0n) is 12.6. The Morgan fingerprint density at radius 1 is 1.14 bits per heavy atom. The molecule has 120 valence electrons. The Balaban J connectivity index is 1.56. The van der Waals surface area contributed by atoms with Crippen LogP contribution < -0.4 is 10.6 Å². The minimum absolute atomic E-state index is 0.0367. The molecule has 2 saturated heterocycles. The predicted octanol–water partition coefficient (Wildman–Crippen LogP) is 0.992. The molecule has 2 N–H and O–H groups in total. The minimum atomic E-state index is -2.98.